The first-order valence-corrected chi connectivity index (χ1v) is 4.56. The van der Waals surface area contributed by atoms with E-state index in [0.29, 0.717) is 11.3 Å². The van der Waals surface area contributed by atoms with Crippen LogP contribution in [0, 0.1) is 0 Å². The highest BCUT2D eigenvalue weighted by atomic mass is 16.5. The lowest BCUT2D eigenvalue weighted by Gasteiger charge is -2.07. The zero-order valence-electron chi connectivity index (χ0n) is 8.54. The molecule has 0 aliphatic carbocycles. The predicted octanol–water partition coefficient (Wildman–Crippen LogP) is 2.63. The molecule has 0 spiro atoms. The molecule has 0 aliphatic heterocycles. The topological polar surface area (TPSA) is 26.3 Å². The number of hydrogen-bond donors (Lipinski definition) is 0. The summed E-state index contributed by atoms with van der Waals surface area (Å²) in [6, 6.07) is 5.62. The van der Waals surface area contributed by atoms with E-state index in [9.17, 15) is 4.79 Å². The molecule has 14 heavy (non-hydrogen) atoms. The Morgan fingerprint density at radius 3 is 2.79 bits per heavy atom. The van der Waals surface area contributed by atoms with Gasteiger partial charge in [-0.05, 0) is 30.2 Å². The van der Waals surface area contributed by atoms with Crippen LogP contribution in [0.5, 0.6) is 5.75 Å². The average molecular weight is 190 g/mol. The van der Waals surface area contributed by atoms with Gasteiger partial charge in [0.2, 0.25) is 0 Å². The Balaban J connectivity index is 3.21. The van der Waals surface area contributed by atoms with Crippen molar-refractivity contribution in [1.82, 2.24) is 0 Å². The highest BCUT2D eigenvalue weighted by Gasteiger charge is 2.09. The third-order valence-corrected chi connectivity index (χ3v) is 2.12. The minimum absolute atomic E-state index is 0.0999. The van der Waals surface area contributed by atoms with Gasteiger partial charge in [-0.3, -0.25) is 4.79 Å². The molecule has 0 bridgehead atoms. The normalized spacial score (nSPS) is 9.57. The van der Waals surface area contributed by atoms with Crippen molar-refractivity contribution < 1.29 is 9.53 Å². The summed E-state index contributed by atoms with van der Waals surface area (Å²) in [6.07, 6.45) is 2.21. The molecule has 1 aromatic rings. The molecule has 0 saturated carbocycles. The van der Waals surface area contributed by atoms with Gasteiger partial charge in [0.05, 0.1) is 12.7 Å². The maximum Gasteiger partial charge on any atom is 0.188 e. The Morgan fingerprint density at radius 1 is 1.57 bits per heavy atom. The Labute approximate surface area is 84.2 Å². The highest BCUT2D eigenvalue weighted by molar-refractivity contribution is 6.06. The Bertz CT molecular complexity index is 353. The van der Waals surface area contributed by atoms with E-state index in [1.165, 1.54) is 6.08 Å². The van der Waals surface area contributed by atoms with Gasteiger partial charge in [0.1, 0.15) is 5.75 Å². The molecule has 1 aromatic carbocycles. The second-order valence-electron chi connectivity index (χ2n) is 2.96. The van der Waals surface area contributed by atoms with Crippen molar-refractivity contribution in [2.45, 2.75) is 13.3 Å². The molecule has 0 amide bonds. The molecule has 1 rings (SSSR count). The van der Waals surface area contributed by atoms with E-state index in [1.807, 2.05) is 25.1 Å². The summed E-state index contributed by atoms with van der Waals surface area (Å²) in [4.78, 5) is 11.5. The molecule has 0 aromatic heterocycles. The van der Waals surface area contributed by atoms with Crippen molar-refractivity contribution in [1.29, 1.82) is 0 Å². The molecule has 0 atom stereocenters. The largest absolute Gasteiger partial charge is 0.496 e. The standard InChI is InChI=1S/C12H14O2/c1-4-9-6-7-12(14-3)10(8-9)11(13)5-2/h5-8H,2,4H2,1,3H3. The third kappa shape index (κ3) is 2.02. The lowest BCUT2D eigenvalue weighted by atomic mass is 10.0. The van der Waals surface area contributed by atoms with E-state index in [-0.39, 0.29) is 5.78 Å². The van der Waals surface area contributed by atoms with Gasteiger partial charge < -0.3 is 4.74 Å². The molecule has 0 N–H and O–H groups in total. The van der Waals surface area contributed by atoms with E-state index >= 15 is 0 Å². The van der Waals surface area contributed by atoms with Crippen LogP contribution in [0.2, 0.25) is 0 Å². The SMILES string of the molecule is C=CC(=O)c1cc(CC)ccc1OC. The Morgan fingerprint density at radius 2 is 2.29 bits per heavy atom. The lowest BCUT2D eigenvalue weighted by molar-refractivity contribution is 0.104. The van der Waals surface area contributed by atoms with E-state index in [1.54, 1.807) is 7.11 Å². The quantitative estimate of drug-likeness (QED) is 0.539. The van der Waals surface area contributed by atoms with Crippen LogP contribution in [0.4, 0.5) is 0 Å². The van der Waals surface area contributed by atoms with Crippen molar-refractivity contribution in [3.05, 3.63) is 42.0 Å². The number of hydrogen-bond acceptors (Lipinski definition) is 2. The van der Waals surface area contributed by atoms with E-state index in [2.05, 4.69) is 6.58 Å². The first kappa shape index (κ1) is 10.5. The second kappa shape index (κ2) is 4.61. The first-order chi connectivity index (χ1) is 6.72. The summed E-state index contributed by atoms with van der Waals surface area (Å²) in [5, 5.41) is 0. The Kier molecular flexibility index (Phi) is 3.46. The van der Waals surface area contributed by atoms with Gasteiger partial charge in [-0.25, -0.2) is 0 Å². The van der Waals surface area contributed by atoms with E-state index in [4.69, 9.17) is 4.74 Å². The van der Waals surface area contributed by atoms with E-state index in [0.717, 1.165) is 12.0 Å². The van der Waals surface area contributed by atoms with Crippen molar-refractivity contribution in [2.24, 2.45) is 0 Å². The minimum atomic E-state index is -0.0999. The lowest BCUT2D eigenvalue weighted by Crippen LogP contribution is -1.99. The van der Waals surface area contributed by atoms with Gasteiger partial charge in [0.25, 0.3) is 0 Å². The van der Waals surface area contributed by atoms with E-state index < -0.39 is 0 Å². The first-order valence-electron chi connectivity index (χ1n) is 4.56. The average Bonchev–Trinajstić information content (AvgIpc) is 2.27. The van der Waals surface area contributed by atoms with Gasteiger partial charge >= 0.3 is 0 Å². The summed E-state index contributed by atoms with van der Waals surface area (Å²) >= 11 is 0. The fourth-order valence-electron chi connectivity index (χ4n) is 1.28. The van der Waals surface area contributed by atoms with Crippen LogP contribution in [0.25, 0.3) is 0 Å². The number of methoxy groups -OCH3 is 1. The summed E-state index contributed by atoms with van der Waals surface area (Å²) < 4.78 is 5.10. The highest BCUT2D eigenvalue weighted by Crippen LogP contribution is 2.20. The van der Waals surface area contributed by atoms with Crippen LogP contribution in [0.3, 0.4) is 0 Å². The number of ether oxygens (including phenoxy) is 1. The second-order valence-corrected chi connectivity index (χ2v) is 2.96. The molecule has 0 aliphatic rings. The summed E-state index contributed by atoms with van der Waals surface area (Å²) in [5.41, 5.74) is 1.71. The third-order valence-electron chi connectivity index (χ3n) is 2.12. The monoisotopic (exact) mass is 190 g/mol. The Hall–Kier alpha value is -1.57. The number of allylic oxidation sites excluding steroid dienone is 1. The number of carbonyl (C=O) groups is 1. The number of ketones is 1. The predicted molar refractivity (Wildman–Crippen MR) is 56.9 cm³/mol. The zero-order valence-corrected chi connectivity index (χ0v) is 8.54. The molecule has 0 radical (unpaired) electrons. The molecule has 0 fully saturated rings. The minimum Gasteiger partial charge on any atom is -0.496 e. The summed E-state index contributed by atoms with van der Waals surface area (Å²) in [7, 11) is 1.56. The summed E-state index contributed by atoms with van der Waals surface area (Å²) in [5.74, 6) is 0.504. The molecular weight excluding hydrogens is 176 g/mol. The number of benzene rings is 1. The zero-order chi connectivity index (χ0) is 10.6. The van der Waals surface area contributed by atoms with Crippen LogP contribution in [-0.4, -0.2) is 12.9 Å². The summed E-state index contributed by atoms with van der Waals surface area (Å²) in [6.45, 7) is 5.51. The van der Waals surface area contributed by atoms with Crippen LogP contribution in [0.15, 0.2) is 30.9 Å². The van der Waals surface area contributed by atoms with Crippen LogP contribution in [0.1, 0.15) is 22.8 Å². The van der Waals surface area contributed by atoms with Crippen LogP contribution in [-0.2, 0) is 6.42 Å². The maximum absolute atomic E-state index is 11.5. The molecule has 0 unspecified atom stereocenters. The van der Waals surface area contributed by atoms with Gasteiger partial charge in [-0.15, -0.1) is 0 Å². The number of aryl methyl sites for hydroxylation is 1. The van der Waals surface area contributed by atoms with Gasteiger partial charge in [0.15, 0.2) is 5.78 Å². The van der Waals surface area contributed by atoms with Crippen molar-refractivity contribution >= 4 is 5.78 Å². The molecule has 0 heterocycles. The van der Waals surface area contributed by atoms with Crippen molar-refractivity contribution in [3.63, 3.8) is 0 Å². The smallest absolute Gasteiger partial charge is 0.188 e. The molecule has 2 heteroatoms. The van der Waals surface area contributed by atoms with Gasteiger partial charge in [0, 0.05) is 0 Å². The van der Waals surface area contributed by atoms with Crippen LogP contribution < -0.4 is 4.74 Å². The fraction of sp³-hybridized carbons (Fsp3) is 0.250. The molecule has 0 saturated heterocycles. The van der Waals surface area contributed by atoms with Crippen molar-refractivity contribution in [2.75, 3.05) is 7.11 Å². The molecule has 74 valence electrons. The molecule has 2 nitrogen and oxygen atoms in total. The fourth-order valence-corrected chi connectivity index (χ4v) is 1.28. The molecular formula is C12H14O2. The van der Waals surface area contributed by atoms with Crippen LogP contribution >= 0.6 is 0 Å². The number of rotatable bonds is 4. The van der Waals surface area contributed by atoms with Gasteiger partial charge in [-0.1, -0.05) is 19.6 Å². The number of carbonyl (C=O) groups excluding carboxylic acids is 1. The van der Waals surface area contributed by atoms with Gasteiger partial charge in [-0.2, -0.15) is 0 Å². The van der Waals surface area contributed by atoms with Crippen molar-refractivity contribution in [3.8, 4) is 5.75 Å². The maximum atomic E-state index is 11.5.